The van der Waals surface area contributed by atoms with Crippen molar-refractivity contribution in [2.24, 2.45) is 0 Å². The molecule has 0 aliphatic rings. The number of methoxy groups -OCH3 is 1. The van der Waals surface area contributed by atoms with Crippen LogP contribution in [0.4, 0.5) is 23.0 Å². The molecule has 2 aromatic rings. The van der Waals surface area contributed by atoms with Gasteiger partial charge in [-0.3, -0.25) is 10.1 Å². The Morgan fingerprint density at radius 3 is 2.70 bits per heavy atom. The highest BCUT2D eigenvalue weighted by atomic mass is 16.6. The van der Waals surface area contributed by atoms with Gasteiger partial charge in [0.25, 0.3) is 0 Å². The second-order valence-electron chi connectivity index (χ2n) is 4.93. The highest BCUT2D eigenvalue weighted by molar-refractivity contribution is 5.76. The number of anilines is 3. The summed E-state index contributed by atoms with van der Waals surface area (Å²) in [4.78, 5) is 18.9. The summed E-state index contributed by atoms with van der Waals surface area (Å²) in [5.41, 5.74) is 1.41. The minimum absolute atomic E-state index is 0.118. The second kappa shape index (κ2) is 7.39. The lowest BCUT2D eigenvalue weighted by atomic mass is 10.2. The molecule has 1 aromatic heterocycles. The lowest BCUT2D eigenvalue weighted by Crippen LogP contribution is -2.09. The van der Waals surface area contributed by atoms with Crippen molar-refractivity contribution in [1.82, 2.24) is 9.97 Å². The second-order valence-corrected chi connectivity index (χ2v) is 4.93. The van der Waals surface area contributed by atoms with Crippen molar-refractivity contribution >= 4 is 23.0 Å². The van der Waals surface area contributed by atoms with E-state index in [1.807, 2.05) is 26.0 Å². The molecule has 0 saturated carbocycles. The van der Waals surface area contributed by atoms with Crippen LogP contribution in [0, 0.1) is 17.0 Å². The number of hydrogen-bond acceptors (Lipinski definition) is 7. The first-order valence-electron chi connectivity index (χ1n) is 7.21. The van der Waals surface area contributed by atoms with Gasteiger partial charge in [-0.1, -0.05) is 13.0 Å². The van der Waals surface area contributed by atoms with Gasteiger partial charge >= 0.3 is 5.69 Å². The van der Waals surface area contributed by atoms with Crippen LogP contribution in [0.1, 0.15) is 18.9 Å². The molecule has 122 valence electrons. The van der Waals surface area contributed by atoms with E-state index < -0.39 is 4.92 Å². The number of rotatable bonds is 7. The van der Waals surface area contributed by atoms with Crippen molar-refractivity contribution in [3.05, 3.63) is 40.2 Å². The first-order valence-corrected chi connectivity index (χ1v) is 7.21. The molecule has 1 aromatic carbocycles. The molecule has 2 rings (SSSR count). The molecule has 0 atom stereocenters. The molecule has 0 fully saturated rings. The minimum Gasteiger partial charge on any atom is -0.495 e. The number of ether oxygens (including phenoxy) is 1. The number of hydrogen-bond donors (Lipinski definition) is 2. The summed E-state index contributed by atoms with van der Waals surface area (Å²) in [7, 11) is 1.54. The molecular formula is C15H19N5O3. The Hall–Kier alpha value is -2.90. The van der Waals surface area contributed by atoms with Crippen LogP contribution in [0.15, 0.2) is 24.5 Å². The molecule has 1 heterocycles. The number of nitrogens with zero attached hydrogens (tertiary/aromatic N) is 3. The van der Waals surface area contributed by atoms with Gasteiger partial charge in [-0.25, -0.2) is 9.97 Å². The molecule has 0 bridgehead atoms. The van der Waals surface area contributed by atoms with Crippen LogP contribution in [0.25, 0.3) is 0 Å². The molecular weight excluding hydrogens is 298 g/mol. The number of aromatic nitrogens is 2. The summed E-state index contributed by atoms with van der Waals surface area (Å²) in [5.74, 6) is 0.889. The van der Waals surface area contributed by atoms with Gasteiger partial charge in [0, 0.05) is 6.54 Å². The highest BCUT2D eigenvalue weighted by Crippen LogP contribution is 2.34. The van der Waals surface area contributed by atoms with E-state index in [0.717, 1.165) is 12.0 Å². The highest BCUT2D eigenvalue weighted by Gasteiger charge is 2.23. The summed E-state index contributed by atoms with van der Waals surface area (Å²) in [6.07, 6.45) is 2.12. The average Bonchev–Trinajstić information content (AvgIpc) is 2.53. The number of nitro groups is 1. The zero-order valence-electron chi connectivity index (χ0n) is 13.3. The molecule has 0 unspecified atom stereocenters. The fraction of sp³-hybridized carbons (Fsp3) is 0.333. The smallest absolute Gasteiger partial charge is 0.353 e. The van der Waals surface area contributed by atoms with Crippen LogP contribution in [0.3, 0.4) is 0 Å². The molecule has 8 nitrogen and oxygen atoms in total. The van der Waals surface area contributed by atoms with Crippen LogP contribution in [0.2, 0.25) is 0 Å². The molecule has 0 spiro atoms. The van der Waals surface area contributed by atoms with Gasteiger partial charge in [0.15, 0.2) is 0 Å². The summed E-state index contributed by atoms with van der Waals surface area (Å²) in [6, 6.07) is 5.53. The van der Waals surface area contributed by atoms with Gasteiger partial charge in [0.05, 0.1) is 17.7 Å². The van der Waals surface area contributed by atoms with Gasteiger partial charge in [0.1, 0.15) is 12.1 Å². The Bertz CT molecular complexity index is 706. The van der Waals surface area contributed by atoms with E-state index >= 15 is 0 Å². The Balaban J connectivity index is 2.43. The lowest BCUT2D eigenvalue weighted by Gasteiger charge is -2.12. The maximum Gasteiger partial charge on any atom is 0.353 e. The van der Waals surface area contributed by atoms with Crippen molar-refractivity contribution in [3.8, 4) is 5.75 Å². The summed E-state index contributed by atoms with van der Waals surface area (Å²) in [6.45, 7) is 4.48. The zero-order valence-corrected chi connectivity index (χ0v) is 13.3. The van der Waals surface area contributed by atoms with Crippen molar-refractivity contribution in [1.29, 1.82) is 0 Å². The zero-order chi connectivity index (χ0) is 16.8. The molecule has 23 heavy (non-hydrogen) atoms. The molecule has 0 aliphatic carbocycles. The van der Waals surface area contributed by atoms with E-state index in [9.17, 15) is 10.1 Å². The first-order chi connectivity index (χ1) is 11.1. The molecule has 0 saturated heterocycles. The summed E-state index contributed by atoms with van der Waals surface area (Å²) >= 11 is 0. The van der Waals surface area contributed by atoms with Crippen LogP contribution >= 0.6 is 0 Å². The van der Waals surface area contributed by atoms with Crippen molar-refractivity contribution in [2.75, 3.05) is 24.3 Å². The van der Waals surface area contributed by atoms with Gasteiger partial charge < -0.3 is 15.4 Å². The van der Waals surface area contributed by atoms with Crippen LogP contribution in [0.5, 0.6) is 5.75 Å². The largest absolute Gasteiger partial charge is 0.495 e. The third kappa shape index (κ3) is 3.85. The van der Waals surface area contributed by atoms with Crippen molar-refractivity contribution in [3.63, 3.8) is 0 Å². The predicted molar refractivity (Wildman–Crippen MR) is 88.5 cm³/mol. The van der Waals surface area contributed by atoms with Gasteiger partial charge in [-0.2, -0.15) is 0 Å². The molecule has 2 N–H and O–H groups in total. The number of benzene rings is 1. The van der Waals surface area contributed by atoms with Crippen molar-refractivity contribution in [2.45, 2.75) is 20.3 Å². The summed E-state index contributed by atoms with van der Waals surface area (Å²) in [5, 5.41) is 17.4. The minimum atomic E-state index is -0.497. The van der Waals surface area contributed by atoms with Crippen molar-refractivity contribution < 1.29 is 9.66 Å². The Morgan fingerprint density at radius 2 is 2.04 bits per heavy atom. The third-order valence-corrected chi connectivity index (χ3v) is 3.16. The maximum absolute atomic E-state index is 11.4. The predicted octanol–water partition coefficient (Wildman–Crippen LogP) is 3.27. The van der Waals surface area contributed by atoms with E-state index in [0.29, 0.717) is 18.0 Å². The average molecular weight is 317 g/mol. The fourth-order valence-electron chi connectivity index (χ4n) is 2.06. The standard InChI is InChI=1S/C15H19N5O3/c1-4-7-16-14-13(20(21)22)15(18-9-17-14)19-11-8-10(2)5-6-12(11)23-3/h5-6,8-9H,4,7H2,1-3H3,(H2,16,17,18,19). The first kappa shape index (κ1) is 16.5. The number of nitrogens with one attached hydrogen (secondary N) is 2. The van der Waals surface area contributed by atoms with E-state index in [2.05, 4.69) is 20.6 Å². The maximum atomic E-state index is 11.4. The molecule has 0 radical (unpaired) electrons. The van der Waals surface area contributed by atoms with Crippen LogP contribution in [-0.4, -0.2) is 28.5 Å². The monoisotopic (exact) mass is 317 g/mol. The molecule has 0 amide bonds. The summed E-state index contributed by atoms with van der Waals surface area (Å²) < 4.78 is 5.28. The third-order valence-electron chi connectivity index (χ3n) is 3.16. The van der Waals surface area contributed by atoms with E-state index in [-0.39, 0.29) is 17.3 Å². The topological polar surface area (TPSA) is 102 Å². The van der Waals surface area contributed by atoms with Gasteiger partial charge in [-0.05, 0) is 31.0 Å². The Morgan fingerprint density at radius 1 is 1.30 bits per heavy atom. The molecule has 0 aliphatic heterocycles. The SMILES string of the molecule is CCCNc1ncnc(Nc2cc(C)ccc2OC)c1[N+](=O)[O-]. The lowest BCUT2D eigenvalue weighted by molar-refractivity contribution is -0.383. The van der Waals surface area contributed by atoms with Gasteiger partial charge in [0.2, 0.25) is 11.6 Å². The Kier molecular flexibility index (Phi) is 5.29. The fourth-order valence-corrected chi connectivity index (χ4v) is 2.06. The van der Waals surface area contributed by atoms with E-state index in [1.165, 1.54) is 6.33 Å². The number of aryl methyl sites for hydroxylation is 1. The van der Waals surface area contributed by atoms with Crippen LogP contribution in [-0.2, 0) is 0 Å². The van der Waals surface area contributed by atoms with E-state index in [1.54, 1.807) is 13.2 Å². The Labute approximate surface area is 134 Å². The van der Waals surface area contributed by atoms with Gasteiger partial charge in [-0.15, -0.1) is 0 Å². The normalized spacial score (nSPS) is 10.2. The van der Waals surface area contributed by atoms with E-state index in [4.69, 9.17) is 4.74 Å². The van der Waals surface area contributed by atoms with Crippen LogP contribution < -0.4 is 15.4 Å². The molecule has 8 heteroatoms. The quantitative estimate of drug-likeness (QED) is 0.596.